The van der Waals surface area contributed by atoms with E-state index in [-0.39, 0.29) is 0 Å². The Bertz CT molecular complexity index is 656. The number of carboxylic acids is 1. The van der Waals surface area contributed by atoms with E-state index in [4.69, 9.17) is 21.4 Å². The first kappa shape index (κ1) is 17.3. The van der Waals surface area contributed by atoms with Crippen LogP contribution in [0.5, 0.6) is 5.75 Å². The van der Waals surface area contributed by atoms with Crippen LogP contribution in [0.1, 0.15) is 34.8 Å². The molecule has 2 rings (SSSR count). The Labute approximate surface area is 141 Å². The Hall–Kier alpha value is -2.04. The molecule has 23 heavy (non-hydrogen) atoms. The molecule has 2 aromatic carbocycles. The third-order valence-corrected chi connectivity index (χ3v) is 3.61. The molecule has 0 amide bonds. The summed E-state index contributed by atoms with van der Waals surface area (Å²) in [4.78, 5) is 10.8. The summed E-state index contributed by atoms with van der Waals surface area (Å²) in [6, 6.07) is 12.6. The molecular weight excluding hydrogens is 314 g/mol. The van der Waals surface area contributed by atoms with E-state index in [1.807, 2.05) is 30.3 Å². The first-order chi connectivity index (χ1) is 11.1. The van der Waals surface area contributed by atoms with Crippen molar-refractivity contribution < 1.29 is 14.6 Å². The molecule has 4 nitrogen and oxygen atoms in total. The van der Waals surface area contributed by atoms with Gasteiger partial charge < -0.3 is 15.2 Å². The maximum absolute atomic E-state index is 10.8. The topological polar surface area (TPSA) is 58.6 Å². The van der Waals surface area contributed by atoms with Gasteiger partial charge in [-0.25, -0.2) is 4.79 Å². The minimum absolute atomic E-state index is 0.295. The minimum atomic E-state index is -0.912. The predicted octanol–water partition coefficient (Wildman–Crippen LogP) is 4.12. The van der Waals surface area contributed by atoms with Gasteiger partial charge >= 0.3 is 5.97 Å². The number of rotatable bonds is 8. The van der Waals surface area contributed by atoms with Crippen molar-refractivity contribution in [1.29, 1.82) is 0 Å². The number of hydrogen-bond acceptors (Lipinski definition) is 3. The molecule has 0 radical (unpaired) electrons. The fourth-order valence-electron chi connectivity index (χ4n) is 2.10. The van der Waals surface area contributed by atoms with Crippen molar-refractivity contribution in [2.45, 2.75) is 26.4 Å². The molecule has 0 unspecified atom stereocenters. The Morgan fingerprint density at radius 2 is 1.78 bits per heavy atom. The van der Waals surface area contributed by atoms with Crippen LogP contribution in [0.2, 0.25) is 5.02 Å². The van der Waals surface area contributed by atoms with Crippen LogP contribution in [0.4, 0.5) is 0 Å². The normalized spacial score (nSPS) is 10.5. The van der Waals surface area contributed by atoms with Gasteiger partial charge in [-0.3, -0.25) is 0 Å². The van der Waals surface area contributed by atoms with E-state index in [9.17, 15) is 4.79 Å². The molecule has 5 heteroatoms. The minimum Gasteiger partial charge on any atom is -0.492 e. The van der Waals surface area contributed by atoms with Crippen LogP contribution in [-0.4, -0.2) is 17.7 Å². The van der Waals surface area contributed by atoms with Crippen molar-refractivity contribution in [3.05, 3.63) is 64.2 Å². The fraction of sp³-hybridized carbons (Fsp3) is 0.278. The van der Waals surface area contributed by atoms with E-state index in [1.54, 1.807) is 12.1 Å². The number of aromatic carboxylic acids is 1. The number of carbonyl (C=O) groups is 1. The third-order valence-electron chi connectivity index (χ3n) is 3.32. The third kappa shape index (κ3) is 5.27. The molecule has 0 spiro atoms. The van der Waals surface area contributed by atoms with Gasteiger partial charge in [-0.05, 0) is 41.8 Å². The summed E-state index contributed by atoms with van der Waals surface area (Å²) in [5.74, 6) is -0.203. The molecule has 0 aliphatic rings. The van der Waals surface area contributed by atoms with Crippen molar-refractivity contribution >= 4 is 17.6 Å². The molecule has 0 bridgehead atoms. The maximum Gasteiger partial charge on any atom is 0.335 e. The van der Waals surface area contributed by atoms with Gasteiger partial charge in [0.2, 0.25) is 0 Å². The highest BCUT2D eigenvalue weighted by Crippen LogP contribution is 2.25. The summed E-state index contributed by atoms with van der Waals surface area (Å²) >= 11 is 6.20. The summed E-state index contributed by atoms with van der Waals surface area (Å²) in [5.41, 5.74) is 2.40. The number of carboxylic acid groups (broad SMARTS) is 1. The maximum atomic E-state index is 10.8. The molecule has 0 fully saturated rings. The van der Waals surface area contributed by atoms with Crippen molar-refractivity contribution in [3.8, 4) is 5.75 Å². The summed E-state index contributed by atoms with van der Waals surface area (Å²) in [5, 5.41) is 12.8. The number of hydrogen-bond donors (Lipinski definition) is 2. The van der Waals surface area contributed by atoms with Crippen LogP contribution >= 0.6 is 11.6 Å². The van der Waals surface area contributed by atoms with E-state index in [0.717, 1.165) is 17.5 Å². The van der Waals surface area contributed by atoms with Gasteiger partial charge in [0, 0.05) is 13.1 Å². The predicted molar refractivity (Wildman–Crippen MR) is 91.2 cm³/mol. The molecule has 0 aliphatic heterocycles. The zero-order valence-electron chi connectivity index (χ0n) is 13.0. The van der Waals surface area contributed by atoms with Gasteiger partial charge in [0.05, 0.1) is 17.2 Å². The lowest BCUT2D eigenvalue weighted by Gasteiger charge is -2.10. The van der Waals surface area contributed by atoms with Crippen molar-refractivity contribution in [2.75, 3.05) is 6.61 Å². The summed E-state index contributed by atoms with van der Waals surface area (Å²) < 4.78 is 5.54. The Morgan fingerprint density at radius 3 is 2.39 bits per heavy atom. The molecule has 2 N–H and O–H groups in total. The summed E-state index contributed by atoms with van der Waals surface area (Å²) in [7, 11) is 0. The molecule has 0 heterocycles. The Morgan fingerprint density at radius 1 is 1.13 bits per heavy atom. The van der Waals surface area contributed by atoms with Crippen molar-refractivity contribution in [3.63, 3.8) is 0 Å². The molecule has 0 saturated carbocycles. The van der Waals surface area contributed by atoms with Gasteiger partial charge in [-0.1, -0.05) is 36.7 Å². The highest BCUT2D eigenvalue weighted by Gasteiger charge is 2.04. The second-order valence-electron chi connectivity index (χ2n) is 5.22. The van der Waals surface area contributed by atoms with Crippen LogP contribution in [0, 0.1) is 0 Å². The molecule has 122 valence electrons. The van der Waals surface area contributed by atoms with Gasteiger partial charge in [-0.15, -0.1) is 0 Å². The van der Waals surface area contributed by atoms with E-state index < -0.39 is 5.97 Å². The lowest BCUT2D eigenvalue weighted by Crippen LogP contribution is -2.12. The SMILES string of the molecule is CCCOc1ccc(CNCc2ccc(C(=O)O)cc2)cc1Cl. The highest BCUT2D eigenvalue weighted by atomic mass is 35.5. The van der Waals surface area contributed by atoms with Crippen LogP contribution in [0.25, 0.3) is 0 Å². The lowest BCUT2D eigenvalue weighted by molar-refractivity contribution is 0.0697. The smallest absolute Gasteiger partial charge is 0.335 e. The van der Waals surface area contributed by atoms with E-state index in [0.29, 0.717) is 36.0 Å². The summed E-state index contributed by atoms with van der Waals surface area (Å²) in [6.07, 6.45) is 0.945. The van der Waals surface area contributed by atoms with E-state index >= 15 is 0 Å². The summed E-state index contributed by atoms with van der Waals surface area (Å²) in [6.45, 7) is 4.04. The van der Waals surface area contributed by atoms with E-state index in [2.05, 4.69) is 12.2 Å². The zero-order chi connectivity index (χ0) is 16.7. The molecule has 0 saturated heterocycles. The average Bonchev–Trinajstić information content (AvgIpc) is 2.54. The van der Waals surface area contributed by atoms with Gasteiger partial charge in [-0.2, -0.15) is 0 Å². The molecule has 2 aromatic rings. The number of ether oxygens (including phenoxy) is 1. The van der Waals surface area contributed by atoms with Crippen molar-refractivity contribution in [1.82, 2.24) is 5.32 Å². The van der Waals surface area contributed by atoms with Gasteiger partial charge in [0.1, 0.15) is 5.75 Å². The lowest BCUT2D eigenvalue weighted by atomic mass is 10.1. The highest BCUT2D eigenvalue weighted by molar-refractivity contribution is 6.32. The second kappa shape index (κ2) is 8.56. The molecular formula is C18H20ClNO3. The molecule has 0 aromatic heterocycles. The monoisotopic (exact) mass is 333 g/mol. The molecule has 0 atom stereocenters. The van der Waals surface area contributed by atoms with Crippen molar-refractivity contribution in [2.24, 2.45) is 0 Å². The average molecular weight is 334 g/mol. The van der Waals surface area contributed by atoms with Gasteiger partial charge in [0.15, 0.2) is 0 Å². The second-order valence-corrected chi connectivity index (χ2v) is 5.63. The largest absolute Gasteiger partial charge is 0.492 e. The van der Waals surface area contributed by atoms with Gasteiger partial charge in [0.25, 0.3) is 0 Å². The number of halogens is 1. The Balaban J connectivity index is 1.86. The quantitative estimate of drug-likeness (QED) is 0.763. The molecule has 0 aliphatic carbocycles. The zero-order valence-corrected chi connectivity index (χ0v) is 13.8. The van der Waals surface area contributed by atoms with Crippen LogP contribution in [-0.2, 0) is 13.1 Å². The first-order valence-electron chi connectivity index (χ1n) is 7.54. The van der Waals surface area contributed by atoms with Crippen LogP contribution < -0.4 is 10.1 Å². The Kier molecular flexibility index (Phi) is 6.44. The first-order valence-corrected chi connectivity index (χ1v) is 7.92. The van der Waals surface area contributed by atoms with E-state index in [1.165, 1.54) is 0 Å². The fourth-order valence-corrected chi connectivity index (χ4v) is 2.36. The van der Waals surface area contributed by atoms with Crippen LogP contribution in [0.3, 0.4) is 0 Å². The number of benzene rings is 2. The number of nitrogens with one attached hydrogen (secondary N) is 1. The van der Waals surface area contributed by atoms with Crippen LogP contribution in [0.15, 0.2) is 42.5 Å². The standard InChI is InChI=1S/C18H20ClNO3/c1-2-9-23-17-8-5-14(10-16(17)19)12-20-11-13-3-6-15(7-4-13)18(21)22/h3-8,10,20H,2,9,11-12H2,1H3,(H,21,22).